The molecule has 0 aromatic carbocycles. The van der Waals surface area contributed by atoms with Gasteiger partial charge in [0, 0.05) is 25.8 Å². The van der Waals surface area contributed by atoms with Gasteiger partial charge in [-0.3, -0.25) is 0 Å². The Morgan fingerprint density at radius 3 is 2.79 bits per heavy atom. The fourth-order valence-electron chi connectivity index (χ4n) is 2.36. The van der Waals surface area contributed by atoms with Crippen LogP contribution in [0.1, 0.15) is 26.2 Å². The standard InChI is InChI=1S/C13H22N4OS/c1-4-14-11-8-12(17-13(16-11)19-3)15-9-5-6-10(7-9)18-2/h8-10H,4-7H2,1-3H3,(H2,14,15,16,17). The van der Waals surface area contributed by atoms with Crippen molar-refractivity contribution < 1.29 is 4.74 Å². The first-order valence-corrected chi connectivity index (χ1v) is 7.94. The molecule has 0 saturated heterocycles. The summed E-state index contributed by atoms with van der Waals surface area (Å²) in [5.41, 5.74) is 0. The molecule has 0 bridgehead atoms. The third-order valence-electron chi connectivity index (χ3n) is 3.32. The first-order valence-electron chi connectivity index (χ1n) is 6.71. The Hall–Kier alpha value is -1.01. The van der Waals surface area contributed by atoms with Crippen LogP contribution in [0.15, 0.2) is 11.2 Å². The van der Waals surface area contributed by atoms with Crippen molar-refractivity contribution in [2.75, 3.05) is 30.5 Å². The molecule has 5 nitrogen and oxygen atoms in total. The summed E-state index contributed by atoms with van der Waals surface area (Å²) in [6.45, 7) is 2.92. The van der Waals surface area contributed by atoms with Crippen molar-refractivity contribution >= 4 is 23.4 Å². The Balaban J connectivity index is 2.04. The van der Waals surface area contributed by atoms with E-state index in [1.807, 2.05) is 12.3 Å². The summed E-state index contributed by atoms with van der Waals surface area (Å²) < 4.78 is 5.40. The van der Waals surface area contributed by atoms with Crippen molar-refractivity contribution in [2.45, 2.75) is 43.5 Å². The largest absolute Gasteiger partial charge is 0.381 e. The fourth-order valence-corrected chi connectivity index (χ4v) is 2.74. The van der Waals surface area contributed by atoms with Crippen LogP contribution in [0.3, 0.4) is 0 Å². The van der Waals surface area contributed by atoms with Crippen LogP contribution in [0.2, 0.25) is 0 Å². The maximum atomic E-state index is 5.40. The lowest BCUT2D eigenvalue weighted by Crippen LogP contribution is -2.18. The molecule has 2 unspecified atom stereocenters. The lowest BCUT2D eigenvalue weighted by atomic mass is 10.2. The number of nitrogens with one attached hydrogen (secondary N) is 2. The van der Waals surface area contributed by atoms with E-state index >= 15 is 0 Å². The van der Waals surface area contributed by atoms with Gasteiger partial charge < -0.3 is 15.4 Å². The number of methoxy groups -OCH3 is 1. The average Bonchev–Trinajstić information content (AvgIpc) is 2.86. The summed E-state index contributed by atoms with van der Waals surface area (Å²) in [5.74, 6) is 1.78. The minimum Gasteiger partial charge on any atom is -0.381 e. The van der Waals surface area contributed by atoms with Gasteiger partial charge in [0.25, 0.3) is 0 Å². The smallest absolute Gasteiger partial charge is 0.191 e. The van der Waals surface area contributed by atoms with Gasteiger partial charge in [-0.25, -0.2) is 9.97 Å². The van der Waals surface area contributed by atoms with Crippen molar-refractivity contribution in [3.05, 3.63) is 6.07 Å². The van der Waals surface area contributed by atoms with Crippen LogP contribution in [0.25, 0.3) is 0 Å². The molecule has 106 valence electrons. The molecule has 1 saturated carbocycles. The number of hydrogen-bond acceptors (Lipinski definition) is 6. The maximum Gasteiger partial charge on any atom is 0.191 e. The molecule has 1 fully saturated rings. The highest BCUT2D eigenvalue weighted by molar-refractivity contribution is 7.98. The monoisotopic (exact) mass is 282 g/mol. The van der Waals surface area contributed by atoms with Crippen molar-refractivity contribution in [1.29, 1.82) is 0 Å². The summed E-state index contributed by atoms with van der Waals surface area (Å²) in [6, 6.07) is 2.42. The van der Waals surface area contributed by atoms with Crippen LogP contribution in [0, 0.1) is 0 Å². The highest BCUT2D eigenvalue weighted by Gasteiger charge is 2.24. The van der Waals surface area contributed by atoms with E-state index in [0.717, 1.165) is 42.6 Å². The molecule has 1 aromatic rings. The maximum absolute atomic E-state index is 5.40. The quantitative estimate of drug-likeness (QED) is 0.618. The molecule has 1 aliphatic carbocycles. The third kappa shape index (κ3) is 3.98. The van der Waals surface area contributed by atoms with Crippen LogP contribution in [0.5, 0.6) is 0 Å². The number of thioether (sulfide) groups is 1. The highest BCUT2D eigenvalue weighted by atomic mass is 32.2. The van der Waals surface area contributed by atoms with Gasteiger partial charge in [0.2, 0.25) is 0 Å². The number of anilines is 2. The van der Waals surface area contributed by atoms with Gasteiger partial charge in [-0.05, 0) is 32.4 Å². The van der Waals surface area contributed by atoms with E-state index < -0.39 is 0 Å². The molecule has 1 aliphatic rings. The summed E-state index contributed by atoms with van der Waals surface area (Å²) in [6.07, 6.45) is 5.67. The molecule has 0 radical (unpaired) electrons. The van der Waals surface area contributed by atoms with E-state index in [-0.39, 0.29) is 0 Å². The van der Waals surface area contributed by atoms with E-state index in [2.05, 4.69) is 27.5 Å². The predicted molar refractivity (Wildman–Crippen MR) is 80.0 cm³/mol. The lowest BCUT2D eigenvalue weighted by Gasteiger charge is -2.15. The number of aromatic nitrogens is 2. The molecule has 2 rings (SSSR count). The molecule has 6 heteroatoms. The van der Waals surface area contributed by atoms with E-state index in [9.17, 15) is 0 Å². The lowest BCUT2D eigenvalue weighted by molar-refractivity contribution is 0.108. The summed E-state index contributed by atoms with van der Waals surface area (Å²) in [5, 5.41) is 7.53. The Morgan fingerprint density at radius 1 is 1.37 bits per heavy atom. The summed E-state index contributed by atoms with van der Waals surface area (Å²) in [7, 11) is 1.78. The van der Waals surface area contributed by atoms with Crippen molar-refractivity contribution in [2.24, 2.45) is 0 Å². The van der Waals surface area contributed by atoms with Gasteiger partial charge >= 0.3 is 0 Å². The molecule has 0 spiro atoms. The van der Waals surface area contributed by atoms with Crippen LogP contribution >= 0.6 is 11.8 Å². The van der Waals surface area contributed by atoms with Gasteiger partial charge in [0.05, 0.1) is 6.10 Å². The zero-order valence-corrected chi connectivity index (χ0v) is 12.6. The van der Waals surface area contributed by atoms with Gasteiger partial charge in [0.15, 0.2) is 5.16 Å². The Kier molecular flexibility index (Phi) is 5.27. The van der Waals surface area contributed by atoms with Gasteiger partial charge in [-0.2, -0.15) is 0 Å². The molecule has 19 heavy (non-hydrogen) atoms. The van der Waals surface area contributed by atoms with E-state index in [0.29, 0.717) is 12.1 Å². The Bertz CT molecular complexity index is 416. The molecule has 2 N–H and O–H groups in total. The summed E-state index contributed by atoms with van der Waals surface area (Å²) in [4.78, 5) is 8.93. The summed E-state index contributed by atoms with van der Waals surface area (Å²) >= 11 is 1.56. The second-order valence-corrected chi connectivity index (χ2v) is 5.44. The highest BCUT2D eigenvalue weighted by Crippen LogP contribution is 2.25. The van der Waals surface area contributed by atoms with E-state index in [1.165, 1.54) is 0 Å². The average molecular weight is 282 g/mol. The molecular formula is C13H22N4OS. The van der Waals surface area contributed by atoms with Crippen molar-refractivity contribution in [3.63, 3.8) is 0 Å². The van der Waals surface area contributed by atoms with Gasteiger partial charge in [-0.1, -0.05) is 11.8 Å². The fraction of sp³-hybridized carbons (Fsp3) is 0.692. The number of nitrogens with zero attached hydrogens (tertiary/aromatic N) is 2. The zero-order valence-electron chi connectivity index (χ0n) is 11.8. The van der Waals surface area contributed by atoms with Crippen molar-refractivity contribution in [1.82, 2.24) is 9.97 Å². The number of rotatable bonds is 6. The second-order valence-electron chi connectivity index (χ2n) is 4.67. The number of ether oxygens (including phenoxy) is 1. The van der Waals surface area contributed by atoms with Crippen LogP contribution in [0.4, 0.5) is 11.6 Å². The SMILES string of the molecule is CCNc1cc(NC2CCC(OC)C2)nc(SC)n1. The van der Waals surface area contributed by atoms with Gasteiger partial charge in [-0.15, -0.1) is 0 Å². The second kappa shape index (κ2) is 6.96. The topological polar surface area (TPSA) is 59.1 Å². The number of hydrogen-bond donors (Lipinski definition) is 2. The first kappa shape index (κ1) is 14.4. The van der Waals surface area contributed by atoms with Crippen molar-refractivity contribution in [3.8, 4) is 0 Å². The minimum absolute atomic E-state index is 0.382. The molecule has 0 aliphatic heterocycles. The van der Waals surface area contributed by atoms with Gasteiger partial charge in [0.1, 0.15) is 11.6 Å². The molecule has 1 heterocycles. The zero-order chi connectivity index (χ0) is 13.7. The molecule has 2 atom stereocenters. The van der Waals surface area contributed by atoms with Crippen LogP contribution in [-0.2, 0) is 4.74 Å². The van der Waals surface area contributed by atoms with E-state index in [4.69, 9.17) is 4.74 Å². The Morgan fingerprint density at radius 2 is 2.16 bits per heavy atom. The third-order valence-corrected chi connectivity index (χ3v) is 3.86. The molecular weight excluding hydrogens is 260 g/mol. The predicted octanol–water partition coefficient (Wildman–Crippen LogP) is 2.61. The first-order chi connectivity index (χ1) is 9.25. The molecule has 0 amide bonds. The minimum atomic E-state index is 0.382. The molecule has 1 aromatic heterocycles. The van der Waals surface area contributed by atoms with E-state index in [1.54, 1.807) is 18.9 Å². The van der Waals surface area contributed by atoms with Crippen LogP contribution < -0.4 is 10.6 Å². The van der Waals surface area contributed by atoms with Crippen LogP contribution in [-0.4, -0.2) is 42.0 Å². The Labute approximate surface area is 118 Å². The normalized spacial score (nSPS) is 22.5.